The van der Waals surface area contributed by atoms with Gasteiger partial charge in [0.1, 0.15) is 12.2 Å². The quantitative estimate of drug-likeness (QED) is 0.874. The lowest BCUT2D eigenvalue weighted by Crippen LogP contribution is -2.36. The average Bonchev–Trinajstić information content (AvgIpc) is 2.71. The Labute approximate surface area is 139 Å². The molecule has 23 heavy (non-hydrogen) atoms. The number of pyridine rings is 1. The van der Waals surface area contributed by atoms with E-state index in [9.17, 15) is 18.4 Å². The minimum atomic E-state index is -2.74. The van der Waals surface area contributed by atoms with E-state index in [1.165, 1.54) is 6.07 Å². The zero-order chi connectivity index (χ0) is 17.3. The molecule has 0 aliphatic heterocycles. The van der Waals surface area contributed by atoms with E-state index in [1.807, 2.05) is 0 Å². The van der Waals surface area contributed by atoms with Crippen molar-refractivity contribution < 1.29 is 13.6 Å². The van der Waals surface area contributed by atoms with Gasteiger partial charge in [0.2, 0.25) is 0 Å². The van der Waals surface area contributed by atoms with Crippen molar-refractivity contribution in [1.82, 2.24) is 14.5 Å². The van der Waals surface area contributed by atoms with E-state index in [4.69, 9.17) is 0 Å². The van der Waals surface area contributed by atoms with E-state index in [0.717, 1.165) is 14.9 Å². The summed E-state index contributed by atoms with van der Waals surface area (Å²) in [5.41, 5.74) is 3.41. The normalized spacial score (nSPS) is 11.1. The summed E-state index contributed by atoms with van der Waals surface area (Å²) in [5, 5.41) is 3.72. The number of amides is 1. The predicted molar refractivity (Wildman–Crippen MR) is 84.2 cm³/mol. The second kappa shape index (κ2) is 6.61. The Morgan fingerprint density at radius 1 is 1.35 bits per heavy atom. The van der Waals surface area contributed by atoms with Crippen LogP contribution in [0.3, 0.4) is 0 Å². The molecule has 1 amide bonds. The smallest absolute Gasteiger partial charge is 0.271 e. The molecular formula is C14H15BrF2N4O2. The number of hydrogen-bond donors (Lipinski definition) is 1. The number of aromatic nitrogens is 3. The summed E-state index contributed by atoms with van der Waals surface area (Å²) in [6.07, 6.45) is -2.74. The number of carbonyl (C=O) groups is 1. The molecule has 0 spiro atoms. The molecule has 2 heterocycles. The first-order valence-electron chi connectivity index (χ1n) is 6.71. The number of rotatable bonds is 4. The number of nitrogens with one attached hydrogen (secondary N) is 1. The first-order valence-corrected chi connectivity index (χ1v) is 7.51. The Kier molecular flexibility index (Phi) is 4.98. The fraction of sp³-hybridized carbons (Fsp3) is 0.357. The van der Waals surface area contributed by atoms with E-state index in [2.05, 4.69) is 26.5 Å². The molecule has 0 saturated carbocycles. The number of carbonyl (C=O) groups excluding carboxylic acids is 1. The van der Waals surface area contributed by atoms with Crippen molar-refractivity contribution >= 4 is 21.8 Å². The highest BCUT2D eigenvalue weighted by atomic mass is 79.9. The highest BCUT2D eigenvalue weighted by Crippen LogP contribution is 2.28. The Hall–Kier alpha value is -2.03. The Morgan fingerprint density at radius 3 is 2.52 bits per heavy atom. The molecule has 2 rings (SSSR count). The summed E-state index contributed by atoms with van der Waals surface area (Å²) in [4.78, 5) is 24.0. The van der Waals surface area contributed by atoms with Crippen molar-refractivity contribution in [2.75, 3.05) is 5.43 Å². The average molecular weight is 389 g/mol. The second-order valence-electron chi connectivity index (χ2n) is 5.13. The summed E-state index contributed by atoms with van der Waals surface area (Å²) in [6, 6.07) is 3.13. The number of alkyl halides is 2. The van der Waals surface area contributed by atoms with E-state index in [1.54, 1.807) is 26.8 Å². The first kappa shape index (κ1) is 17.3. The van der Waals surface area contributed by atoms with E-state index in [0.29, 0.717) is 11.4 Å². The molecular weight excluding hydrogens is 374 g/mol. The van der Waals surface area contributed by atoms with Gasteiger partial charge in [0, 0.05) is 11.8 Å². The van der Waals surface area contributed by atoms with E-state index >= 15 is 0 Å². The summed E-state index contributed by atoms with van der Waals surface area (Å²) in [7, 11) is 0. The van der Waals surface area contributed by atoms with Crippen molar-refractivity contribution in [3.63, 3.8) is 0 Å². The molecule has 6 nitrogen and oxygen atoms in total. The van der Waals surface area contributed by atoms with Gasteiger partial charge in [-0.1, -0.05) is 0 Å². The highest BCUT2D eigenvalue weighted by Gasteiger charge is 2.21. The summed E-state index contributed by atoms with van der Waals surface area (Å²) in [5.74, 6) is -0.544. The molecule has 0 radical (unpaired) electrons. The second-order valence-corrected chi connectivity index (χ2v) is 5.92. The van der Waals surface area contributed by atoms with Gasteiger partial charge in [-0.3, -0.25) is 19.7 Å². The van der Waals surface area contributed by atoms with Crippen molar-refractivity contribution in [3.8, 4) is 0 Å². The topological polar surface area (TPSA) is 68.9 Å². The van der Waals surface area contributed by atoms with Crippen molar-refractivity contribution in [1.29, 1.82) is 0 Å². The highest BCUT2D eigenvalue weighted by molar-refractivity contribution is 9.10. The van der Waals surface area contributed by atoms with Crippen LogP contribution in [0.25, 0.3) is 0 Å². The first-order chi connectivity index (χ1) is 10.7. The lowest BCUT2D eigenvalue weighted by molar-refractivity contribution is -0.117. The molecule has 2 aromatic rings. The summed E-state index contributed by atoms with van der Waals surface area (Å²) < 4.78 is 28.0. The molecule has 0 atom stereocenters. The molecule has 0 bridgehead atoms. The Balaban J connectivity index is 2.21. The van der Waals surface area contributed by atoms with Gasteiger partial charge < -0.3 is 0 Å². The van der Waals surface area contributed by atoms with Crippen LogP contribution in [0.1, 0.15) is 29.1 Å². The molecule has 0 fully saturated rings. The van der Waals surface area contributed by atoms with Crippen LogP contribution in [0.2, 0.25) is 0 Å². The van der Waals surface area contributed by atoms with Crippen LogP contribution < -0.4 is 11.0 Å². The summed E-state index contributed by atoms with van der Waals surface area (Å²) in [6.45, 7) is 4.74. The van der Waals surface area contributed by atoms with Crippen LogP contribution >= 0.6 is 15.9 Å². The SMILES string of the molecule is Cc1cc(C)n(NC(=O)Cn2nc(C(F)F)c(Br)c2C)c(=O)c1. The van der Waals surface area contributed by atoms with Crippen LogP contribution in [0.15, 0.2) is 21.4 Å². The molecule has 2 aromatic heterocycles. The number of halogens is 3. The lowest BCUT2D eigenvalue weighted by atomic mass is 10.2. The van der Waals surface area contributed by atoms with Gasteiger partial charge in [-0.15, -0.1) is 0 Å². The van der Waals surface area contributed by atoms with Crippen molar-refractivity contribution in [2.45, 2.75) is 33.7 Å². The maximum Gasteiger partial charge on any atom is 0.283 e. The zero-order valence-electron chi connectivity index (χ0n) is 12.7. The molecule has 9 heteroatoms. The maximum absolute atomic E-state index is 12.8. The van der Waals surface area contributed by atoms with Gasteiger partial charge in [0.05, 0.1) is 10.2 Å². The number of nitrogens with zero attached hydrogens (tertiary/aromatic N) is 3. The van der Waals surface area contributed by atoms with E-state index in [-0.39, 0.29) is 16.6 Å². The van der Waals surface area contributed by atoms with Crippen LogP contribution in [0, 0.1) is 20.8 Å². The van der Waals surface area contributed by atoms with Crippen LogP contribution in [-0.4, -0.2) is 20.4 Å². The molecule has 1 N–H and O–H groups in total. The van der Waals surface area contributed by atoms with Crippen molar-refractivity contribution in [3.05, 3.63) is 49.6 Å². The minimum absolute atomic E-state index is 0.170. The minimum Gasteiger partial charge on any atom is -0.271 e. The van der Waals surface area contributed by atoms with Crippen LogP contribution in [0.5, 0.6) is 0 Å². The molecule has 0 aromatic carbocycles. The molecule has 124 valence electrons. The third-order valence-electron chi connectivity index (χ3n) is 3.26. The molecule has 0 unspecified atom stereocenters. The van der Waals surface area contributed by atoms with Crippen LogP contribution in [-0.2, 0) is 11.3 Å². The van der Waals surface area contributed by atoms with Gasteiger partial charge in [-0.2, -0.15) is 5.10 Å². The third-order valence-corrected chi connectivity index (χ3v) is 4.24. The monoisotopic (exact) mass is 388 g/mol. The Morgan fingerprint density at radius 2 is 2.00 bits per heavy atom. The Bertz CT molecular complexity index is 814. The molecule has 0 aliphatic carbocycles. The van der Waals surface area contributed by atoms with Gasteiger partial charge in [0.15, 0.2) is 0 Å². The number of hydrogen-bond acceptors (Lipinski definition) is 3. The van der Waals surface area contributed by atoms with Gasteiger partial charge in [0.25, 0.3) is 17.9 Å². The standard InChI is InChI=1S/C14H15BrF2N4O2/c1-7-4-8(2)21(11(23)5-7)18-10(22)6-20-9(3)12(15)13(19-20)14(16)17/h4-5,14H,6H2,1-3H3,(H,18,22). The lowest BCUT2D eigenvalue weighted by Gasteiger charge is -2.12. The number of aryl methyl sites for hydroxylation is 2. The zero-order valence-corrected chi connectivity index (χ0v) is 14.3. The third kappa shape index (κ3) is 3.66. The van der Waals surface area contributed by atoms with Gasteiger partial charge >= 0.3 is 0 Å². The predicted octanol–water partition coefficient (Wildman–Crippen LogP) is 2.44. The van der Waals surface area contributed by atoms with E-state index < -0.39 is 18.0 Å². The fourth-order valence-electron chi connectivity index (χ4n) is 2.15. The maximum atomic E-state index is 12.8. The van der Waals surface area contributed by atoms with Gasteiger partial charge in [-0.25, -0.2) is 13.5 Å². The largest absolute Gasteiger partial charge is 0.283 e. The molecule has 0 aliphatic rings. The fourth-order valence-corrected chi connectivity index (χ4v) is 2.61. The summed E-state index contributed by atoms with van der Waals surface area (Å²) >= 11 is 3.04. The van der Waals surface area contributed by atoms with Crippen molar-refractivity contribution in [2.24, 2.45) is 0 Å². The van der Waals surface area contributed by atoms with Crippen LogP contribution in [0.4, 0.5) is 8.78 Å². The van der Waals surface area contributed by atoms with Gasteiger partial charge in [-0.05, 0) is 48.3 Å². The molecule has 0 saturated heterocycles.